The Morgan fingerprint density at radius 2 is 1.76 bits per heavy atom. The highest BCUT2D eigenvalue weighted by atomic mass is 16.4. The zero-order valence-electron chi connectivity index (χ0n) is 19.2. The fourth-order valence-corrected chi connectivity index (χ4v) is 3.61. The predicted octanol–water partition coefficient (Wildman–Crippen LogP) is -2.55. The highest BCUT2D eigenvalue weighted by molar-refractivity contribution is 5.94. The lowest BCUT2D eigenvalue weighted by molar-refractivity contribution is -0.149. The molecule has 3 amide bonds. The van der Waals surface area contributed by atoms with E-state index in [-0.39, 0.29) is 31.4 Å². The van der Waals surface area contributed by atoms with Crippen LogP contribution in [0.1, 0.15) is 46.0 Å². The zero-order chi connectivity index (χ0) is 25.1. The van der Waals surface area contributed by atoms with Crippen molar-refractivity contribution in [1.29, 1.82) is 0 Å². The summed E-state index contributed by atoms with van der Waals surface area (Å²) < 4.78 is 0. The molecule has 13 nitrogen and oxygen atoms in total. The number of aliphatic carboxylic acids is 1. The van der Waals surface area contributed by atoms with E-state index in [1.165, 1.54) is 4.90 Å². The van der Waals surface area contributed by atoms with Crippen molar-refractivity contribution in [3.63, 3.8) is 0 Å². The van der Waals surface area contributed by atoms with Crippen LogP contribution >= 0.6 is 0 Å². The molecule has 1 fully saturated rings. The standard InChI is InChI=1S/C20H37N7O6/c1-11(2)9-12(21)16(29)26-14(10-28)17(30)25-13(5-3-7-24-20(22)23)18(31)27-8-4-6-15(27)19(32)33/h11-15,28H,3-10,21H2,1-2H3,(H,25,30)(H,26,29)(H,32,33)(H4,22,23,24). The van der Waals surface area contributed by atoms with Crippen LogP contribution in [0.15, 0.2) is 4.99 Å². The van der Waals surface area contributed by atoms with Gasteiger partial charge in [-0.25, -0.2) is 4.79 Å². The Hall–Kier alpha value is -2.93. The number of amides is 3. The van der Waals surface area contributed by atoms with Crippen molar-refractivity contribution >= 4 is 29.7 Å². The van der Waals surface area contributed by atoms with Gasteiger partial charge in [0.2, 0.25) is 17.7 Å². The number of carboxylic acids is 1. The molecule has 13 heteroatoms. The summed E-state index contributed by atoms with van der Waals surface area (Å²) >= 11 is 0. The second kappa shape index (κ2) is 13.6. The molecule has 0 aliphatic carbocycles. The molecule has 188 valence electrons. The molecule has 0 saturated carbocycles. The van der Waals surface area contributed by atoms with E-state index in [2.05, 4.69) is 15.6 Å². The molecular formula is C20H37N7O6. The first-order valence-electron chi connectivity index (χ1n) is 11.0. The maximum Gasteiger partial charge on any atom is 0.326 e. The lowest BCUT2D eigenvalue weighted by Crippen LogP contribution is -2.58. The molecule has 0 radical (unpaired) electrons. The lowest BCUT2D eigenvalue weighted by atomic mass is 10.0. The number of guanidine groups is 1. The molecule has 0 aromatic heterocycles. The van der Waals surface area contributed by atoms with E-state index in [0.717, 1.165) is 0 Å². The third-order valence-electron chi connectivity index (χ3n) is 5.26. The van der Waals surface area contributed by atoms with Crippen LogP contribution < -0.4 is 27.8 Å². The molecule has 0 aromatic carbocycles. The van der Waals surface area contributed by atoms with Gasteiger partial charge in [-0.2, -0.15) is 0 Å². The maximum atomic E-state index is 13.1. The minimum atomic E-state index is -1.32. The molecule has 0 aromatic rings. The van der Waals surface area contributed by atoms with E-state index in [1.807, 2.05) is 13.8 Å². The fourth-order valence-electron chi connectivity index (χ4n) is 3.61. The molecule has 33 heavy (non-hydrogen) atoms. The Balaban J connectivity index is 2.91. The van der Waals surface area contributed by atoms with Crippen LogP contribution in [0.2, 0.25) is 0 Å². The average Bonchev–Trinajstić information content (AvgIpc) is 3.22. The van der Waals surface area contributed by atoms with Gasteiger partial charge in [0.1, 0.15) is 18.1 Å². The number of nitrogens with zero attached hydrogens (tertiary/aromatic N) is 2. The third-order valence-corrected chi connectivity index (χ3v) is 5.26. The van der Waals surface area contributed by atoms with Gasteiger partial charge in [-0.05, 0) is 38.0 Å². The number of hydrogen-bond acceptors (Lipinski definition) is 7. The number of nitrogens with one attached hydrogen (secondary N) is 2. The highest BCUT2D eigenvalue weighted by Gasteiger charge is 2.38. The second-order valence-corrected chi connectivity index (χ2v) is 8.52. The first-order valence-corrected chi connectivity index (χ1v) is 11.0. The van der Waals surface area contributed by atoms with Crippen LogP contribution in [0, 0.1) is 5.92 Å². The van der Waals surface area contributed by atoms with Crippen LogP contribution in [0.3, 0.4) is 0 Å². The summed E-state index contributed by atoms with van der Waals surface area (Å²) in [6.45, 7) is 3.53. The Morgan fingerprint density at radius 1 is 1.12 bits per heavy atom. The van der Waals surface area contributed by atoms with Gasteiger partial charge in [0.15, 0.2) is 5.96 Å². The maximum absolute atomic E-state index is 13.1. The zero-order valence-corrected chi connectivity index (χ0v) is 19.2. The van der Waals surface area contributed by atoms with Crippen molar-refractivity contribution in [3.05, 3.63) is 0 Å². The van der Waals surface area contributed by atoms with Crippen LogP contribution in [0.25, 0.3) is 0 Å². The van der Waals surface area contributed by atoms with Gasteiger partial charge in [0, 0.05) is 13.1 Å². The number of hydrogen-bond donors (Lipinski definition) is 7. The summed E-state index contributed by atoms with van der Waals surface area (Å²) in [7, 11) is 0. The molecule has 1 aliphatic heterocycles. The predicted molar refractivity (Wildman–Crippen MR) is 121 cm³/mol. The van der Waals surface area contributed by atoms with Gasteiger partial charge in [0.25, 0.3) is 0 Å². The first kappa shape index (κ1) is 28.1. The van der Waals surface area contributed by atoms with Crippen molar-refractivity contribution in [1.82, 2.24) is 15.5 Å². The quantitative estimate of drug-likeness (QED) is 0.0850. The molecule has 4 unspecified atom stereocenters. The van der Waals surface area contributed by atoms with E-state index in [0.29, 0.717) is 25.7 Å². The summed E-state index contributed by atoms with van der Waals surface area (Å²) in [5.74, 6) is -3.02. The number of carbonyl (C=O) groups excluding carboxylic acids is 3. The van der Waals surface area contributed by atoms with Gasteiger partial charge in [-0.3, -0.25) is 19.4 Å². The van der Waals surface area contributed by atoms with Crippen molar-refractivity contribution in [2.24, 2.45) is 28.1 Å². The van der Waals surface area contributed by atoms with Gasteiger partial charge in [-0.15, -0.1) is 0 Å². The summed E-state index contributed by atoms with van der Waals surface area (Å²) in [6, 6.07) is -4.23. The van der Waals surface area contributed by atoms with Crippen molar-refractivity contribution < 1.29 is 29.4 Å². The number of rotatable bonds is 13. The van der Waals surface area contributed by atoms with E-state index in [1.54, 1.807) is 0 Å². The van der Waals surface area contributed by atoms with E-state index < -0.39 is 54.5 Å². The Kier molecular flexibility index (Phi) is 11.6. The number of carbonyl (C=O) groups is 4. The Bertz CT molecular complexity index is 726. The summed E-state index contributed by atoms with van der Waals surface area (Å²) in [5, 5.41) is 23.9. The lowest BCUT2D eigenvalue weighted by Gasteiger charge is -2.28. The number of nitrogens with two attached hydrogens (primary N) is 3. The van der Waals surface area contributed by atoms with Crippen molar-refractivity contribution in [2.75, 3.05) is 19.7 Å². The number of aliphatic imine (C=N–C) groups is 1. The van der Waals surface area contributed by atoms with E-state index >= 15 is 0 Å². The third kappa shape index (κ3) is 9.22. The molecule has 0 spiro atoms. The molecule has 1 aliphatic rings. The fraction of sp³-hybridized carbons (Fsp3) is 0.750. The smallest absolute Gasteiger partial charge is 0.326 e. The minimum Gasteiger partial charge on any atom is -0.480 e. The topological polar surface area (TPSA) is 226 Å². The SMILES string of the molecule is CC(C)CC(N)C(=O)NC(CO)C(=O)NC(CCCN=C(N)N)C(=O)N1CCCC1C(=O)O. The second-order valence-electron chi connectivity index (χ2n) is 8.52. The molecule has 0 bridgehead atoms. The normalized spacial score (nSPS) is 18.3. The number of aliphatic hydroxyl groups excluding tert-OH is 1. The highest BCUT2D eigenvalue weighted by Crippen LogP contribution is 2.19. The molecule has 1 saturated heterocycles. The molecule has 4 atom stereocenters. The van der Waals surface area contributed by atoms with Crippen LogP contribution in [0.5, 0.6) is 0 Å². The Labute approximate surface area is 193 Å². The van der Waals surface area contributed by atoms with Crippen molar-refractivity contribution in [2.45, 2.75) is 70.1 Å². The van der Waals surface area contributed by atoms with Gasteiger partial charge in [-0.1, -0.05) is 13.8 Å². The van der Waals surface area contributed by atoms with Crippen LogP contribution in [0.4, 0.5) is 0 Å². The summed E-state index contributed by atoms with van der Waals surface area (Å²) in [6.07, 6.45) is 1.70. The average molecular weight is 472 g/mol. The number of aliphatic hydroxyl groups is 1. The minimum absolute atomic E-state index is 0.117. The van der Waals surface area contributed by atoms with E-state index in [4.69, 9.17) is 17.2 Å². The van der Waals surface area contributed by atoms with Crippen molar-refractivity contribution in [3.8, 4) is 0 Å². The molecule has 1 rings (SSSR count). The number of likely N-dealkylation sites (tertiary alicyclic amines) is 1. The number of carboxylic acid groups (broad SMARTS) is 1. The molecular weight excluding hydrogens is 434 g/mol. The summed E-state index contributed by atoms with van der Waals surface area (Å²) in [4.78, 5) is 54.7. The largest absolute Gasteiger partial charge is 0.480 e. The first-order chi connectivity index (χ1) is 15.5. The Morgan fingerprint density at radius 3 is 2.30 bits per heavy atom. The van der Waals surface area contributed by atoms with E-state index in [9.17, 15) is 29.4 Å². The molecule has 1 heterocycles. The van der Waals surface area contributed by atoms with Crippen LogP contribution in [-0.4, -0.2) is 88.6 Å². The van der Waals surface area contributed by atoms with Crippen LogP contribution in [-0.2, 0) is 19.2 Å². The monoisotopic (exact) mass is 471 g/mol. The van der Waals surface area contributed by atoms with Gasteiger partial charge < -0.3 is 42.9 Å². The summed E-state index contributed by atoms with van der Waals surface area (Å²) in [5.41, 5.74) is 16.4. The molecule has 10 N–H and O–H groups in total. The van der Waals surface area contributed by atoms with Gasteiger partial charge in [0.05, 0.1) is 12.6 Å². The van der Waals surface area contributed by atoms with Gasteiger partial charge >= 0.3 is 5.97 Å².